The number of methoxy groups -OCH3 is 1. The van der Waals surface area contributed by atoms with E-state index in [0.29, 0.717) is 26.4 Å². The minimum Gasteiger partial charge on any atom is -0.490 e. The van der Waals surface area contributed by atoms with Gasteiger partial charge in [0.25, 0.3) is 0 Å². The lowest BCUT2D eigenvalue weighted by molar-refractivity contribution is 0.208. The van der Waals surface area contributed by atoms with Gasteiger partial charge in [-0.2, -0.15) is 0 Å². The first kappa shape index (κ1) is 23.6. The van der Waals surface area contributed by atoms with Crippen molar-refractivity contribution in [2.75, 3.05) is 51.1 Å². The first-order chi connectivity index (χ1) is 13.8. The van der Waals surface area contributed by atoms with Crippen molar-refractivity contribution < 1.29 is 14.2 Å². The zero-order valence-corrected chi connectivity index (χ0v) is 19.7. The Balaban J connectivity index is 0.00000300. The molecule has 29 heavy (non-hydrogen) atoms. The van der Waals surface area contributed by atoms with E-state index in [9.17, 15) is 0 Å². The number of benzene rings is 2. The molecule has 2 aromatic rings. The molecule has 0 bridgehead atoms. The molecule has 2 N–H and O–H groups in total. The zero-order valence-electron chi connectivity index (χ0n) is 16.6. The highest BCUT2D eigenvalue weighted by molar-refractivity contribution is 14.0. The SMILES string of the molecule is COCCN=C(NCCSc1ccccc1)Nc1ccc2c(c1)OCCCO2.I. The summed E-state index contributed by atoms with van der Waals surface area (Å²) in [5.41, 5.74) is 0.906. The lowest BCUT2D eigenvalue weighted by Crippen LogP contribution is -2.33. The van der Waals surface area contributed by atoms with Crippen LogP contribution in [0.3, 0.4) is 0 Å². The average Bonchev–Trinajstić information content (AvgIpc) is 2.97. The summed E-state index contributed by atoms with van der Waals surface area (Å²) in [6.45, 7) is 3.31. The average molecular weight is 529 g/mol. The first-order valence-corrected chi connectivity index (χ1v) is 10.5. The third kappa shape index (κ3) is 8.31. The van der Waals surface area contributed by atoms with Crippen LogP contribution < -0.4 is 20.1 Å². The number of guanidine groups is 1. The summed E-state index contributed by atoms with van der Waals surface area (Å²) < 4.78 is 16.6. The number of hydrogen-bond donors (Lipinski definition) is 2. The molecule has 6 nitrogen and oxygen atoms in total. The number of thioether (sulfide) groups is 1. The molecule has 0 atom stereocenters. The third-order valence-electron chi connectivity index (χ3n) is 3.98. The molecule has 0 fully saturated rings. The lowest BCUT2D eigenvalue weighted by Gasteiger charge is -2.14. The topological polar surface area (TPSA) is 64.1 Å². The molecule has 0 saturated heterocycles. The standard InChI is InChI=1S/C21H27N3O3S.HI/c1-25-14-10-22-21(23-11-15-28-18-6-3-2-4-7-18)24-17-8-9-19-20(16-17)27-13-5-12-26-19;/h2-4,6-9,16H,5,10-15H2,1H3,(H2,22,23,24);1H. The zero-order chi connectivity index (χ0) is 19.4. The highest BCUT2D eigenvalue weighted by atomic mass is 127. The maximum Gasteiger partial charge on any atom is 0.195 e. The Morgan fingerprint density at radius 2 is 1.90 bits per heavy atom. The Morgan fingerprint density at radius 1 is 1.10 bits per heavy atom. The van der Waals surface area contributed by atoms with E-state index < -0.39 is 0 Å². The minimum atomic E-state index is 0. The molecule has 1 aliphatic heterocycles. The van der Waals surface area contributed by atoms with Crippen molar-refractivity contribution >= 4 is 47.4 Å². The molecule has 0 radical (unpaired) electrons. The highest BCUT2D eigenvalue weighted by Crippen LogP contribution is 2.32. The van der Waals surface area contributed by atoms with Gasteiger partial charge in [-0.25, -0.2) is 0 Å². The van der Waals surface area contributed by atoms with Gasteiger partial charge in [0.2, 0.25) is 0 Å². The molecule has 0 unspecified atom stereocenters. The van der Waals surface area contributed by atoms with Crippen molar-refractivity contribution in [2.24, 2.45) is 4.99 Å². The van der Waals surface area contributed by atoms with Gasteiger partial charge in [-0.05, 0) is 24.3 Å². The molecule has 0 amide bonds. The van der Waals surface area contributed by atoms with E-state index in [2.05, 4.69) is 39.9 Å². The number of halogens is 1. The molecule has 0 saturated carbocycles. The van der Waals surface area contributed by atoms with Gasteiger partial charge in [-0.3, -0.25) is 4.99 Å². The van der Waals surface area contributed by atoms with Crippen molar-refractivity contribution in [1.29, 1.82) is 0 Å². The molecule has 0 aliphatic carbocycles. The quantitative estimate of drug-likeness (QED) is 0.175. The Kier molecular flexibility index (Phi) is 11.0. The number of aliphatic imine (C=N–C) groups is 1. The van der Waals surface area contributed by atoms with Gasteiger partial charge in [0, 0.05) is 42.5 Å². The molecule has 1 aliphatic rings. The van der Waals surface area contributed by atoms with Crippen molar-refractivity contribution in [3.8, 4) is 11.5 Å². The summed E-state index contributed by atoms with van der Waals surface area (Å²) in [6.07, 6.45) is 0.891. The monoisotopic (exact) mass is 529 g/mol. The Morgan fingerprint density at radius 3 is 2.69 bits per heavy atom. The van der Waals surface area contributed by atoms with Crippen LogP contribution in [0.25, 0.3) is 0 Å². The summed E-state index contributed by atoms with van der Waals surface area (Å²) >= 11 is 1.81. The number of rotatable bonds is 8. The molecule has 1 heterocycles. The molecule has 0 aromatic heterocycles. The van der Waals surface area contributed by atoms with Crippen LogP contribution in [-0.2, 0) is 4.74 Å². The second-order valence-electron chi connectivity index (χ2n) is 6.15. The van der Waals surface area contributed by atoms with Crippen LogP contribution in [-0.4, -0.2) is 51.7 Å². The second kappa shape index (κ2) is 13.6. The summed E-state index contributed by atoms with van der Waals surface area (Å²) in [7, 11) is 1.68. The van der Waals surface area contributed by atoms with Gasteiger partial charge in [-0.15, -0.1) is 35.7 Å². The van der Waals surface area contributed by atoms with Crippen molar-refractivity contribution in [1.82, 2.24) is 5.32 Å². The number of nitrogens with one attached hydrogen (secondary N) is 2. The minimum absolute atomic E-state index is 0. The highest BCUT2D eigenvalue weighted by Gasteiger charge is 2.11. The summed E-state index contributed by atoms with van der Waals surface area (Å²) in [6, 6.07) is 16.2. The predicted molar refractivity (Wildman–Crippen MR) is 130 cm³/mol. The van der Waals surface area contributed by atoms with Crippen LogP contribution in [0.4, 0.5) is 5.69 Å². The number of anilines is 1. The van der Waals surface area contributed by atoms with Crippen LogP contribution in [0.5, 0.6) is 11.5 Å². The van der Waals surface area contributed by atoms with Crippen molar-refractivity contribution in [3.63, 3.8) is 0 Å². The largest absolute Gasteiger partial charge is 0.490 e. The Labute approximate surface area is 193 Å². The summed E-state index contributed by atoms with van der Waals surface area (Å²) in [4.78, 5) is 5.83. The van der Waals surface area contributed by atoms with Crippen LogP contribution in [0.15, 0.2) is 58.4 Å². The van der Waals surface area contributed by atoms with E-state index >= 15 is 0 Å². The Hall–Kier alpha value is -1.65. The van der Waals surface area contributed by atoms with Gasteiger partial charge in [-0.1, -0.05) is 18.2 Å². The maximum absolute atomic E-state index is 5.77. The number of nitrogens with zero attached hydrogens (tertiary/aromatic N) is 1. The summed E-state index contributed by atoms with van der Waals surface area (Å²) in [5, 5.41) is 6.73. The molecule has 0 spiro atoms. The fraction of sp³-hybridized carbons (Fsp3) is 0.381. The van der Waals surface area contributed by atoms with E-state index in [-0.39, 0.29) is 24.0 Å². The molecule has 158 valence electrons. The number of hydrogen-bond acceptors (Lipinski definition) is 5. The third-order valence-corrected chi connectivity index (χ3v) is 5.00. The van der Waals surface area contributed by atoms with Gasteiger partial charge in [0.05, 0.1) is 26.4 Å². The van der Waals surface area contributed by atoms with Crippen LogP contribution in [0.2, 0.25) is 0 Å². The van der Waals surface area contributed by atoms with Gasteiger partial charge >= 0.3 is 0 Å². The number of fused-ring (bicyclic) bond motifs is 1. The van der Waals surface area contributed by atoms with Crippen LogP contribution in [0, 0.1) is 0 Å². The number of ether oxygens (including phenoxy) is 3. The van der Waals surface area contributed by atoms with Crippen LogP contribution in [0.1, 0.15) is 6.42 Å². The van der Waals surface area contributed by atoms with Gasteiger partial charge in [0.1, 0.15) is 0 Å². The molecular formula is C21H28IN3O3S. The Bertz CT molecular complexity index is 762. The predicted octanol–water partition coefficient (Wildman–Crippen LogP) is 4.26. The molecule has 3 rings (SSSR count). The van der Waals surface area contributed by atoms with Gasteiger partial charge < -0.3 is 24.8 Å². The van der Waals surface area contributed by atoms with Crippen molar-refractivity contribution in [3.05, 3.63) is 48.5 Å². The van der Waals surface area contributed by atoms with Gasteiger partial charge in [0.15, 0.2) is 17.5 Å². The van der Waals surface area contributed by atoms with Crippen molar-refractivity contribution in [2.45, 2.75) is 11.3 Å². The van der Waals surface area contributed by atoms with E-state index in [4.69, 9.17) is 14.2 Å². The fourth-order valence-electron chi connectivity index (χ4n) is 2.62. The normalized spacial score (nSPS) is 13.2. The van der Waals surface area contributed by atoms with E-state index in [1.807, 2.05) is 36.0 Å². The smallest absolute Gasteiger partial charge is 0.195 e. The lowest BCUT2D eigenvalue weighted by atomic mass is 10.3. The van der Waals surface area contributed by atoms with Crippen LogP contribution >= 0.6 is 35.7 Å². The molecule has 2 aromatic carbocycles. The fourth-order valence-corrected chi connectivity index (χ4v) is 3.41. The first-order valence-electron chi connectivity index (χ1n) is 9.47. The van der Waals surface area contributed by atoms with E-state index in [1.165, 1.54) is 4.90 Å². The van der Waals surface area contributed by atoms with E-state index in [1.54, 1.807) is 7.11 Å². The molecular weight excluding hydrogens is 501 g/mol. The summed E-state index contributed by atoms with van der Waals surface area (Å²) in [5.74, 6) is 3.21. The molecule has 8 heteroatoms. The van der Waals surface area contributed by atoms with E-state index in [0.717, 1.165) is 41.9 Å². The maximum atomic E-state index is 5.77. The second-order valence-corrected chi connectivity index (χ2v) is 7.32.